The van der Waals surface area contributed by atoms with Crippen LogP contribution in [0.4, 0.5) is 5.69 Å². The van der Waals surface area contributed by atoms with Crippen molar-refractivity contribution in [2.45, 2.75) is 30.9 Å². The fourth-order valence-corrected chi connectivity index (χ4v) is 2.24. The molecule has 0 spiro atoms. The number of nitrogens with zero attached hydrogens (tertiary/aromatic N) is 1. The fourth-order valence-electron chi connectivity index (χ4n) is 2.24. The molecule has 1 unspecified atom stereocenters. The Labute approximate surface area is 111 Å². The number of benzene rings is 1. The molecule has 1 aliphatic carbocycles. The van der Waals surface area contributed by atoms with Crippen molar-refractivity contribution >= 4 is 5.69 Å². The van der Waals surface area contributed by atoms with Gasteiger partial charge in [0.1, 0.15) is 0 Å². The van der Waals surface area contributed by atoms with Crippen molar-refractivity contribution in [3.05, 3.63) is 39.9 Å². The molecule has 0 bridgehead atoms. The zero-order valence-corrected chi connectivity index (χ0v) is 10.6. The lowest BCUT2D eigenvalue weighted by molar-refractivity contribution is -0.384. The number of non-ortho nitro benzene ring substituents is 1. The van der Waals surface area contributed by atoms with Crippen LogP contribution in [0.25, 0.3) is 0 Å². The Morgan fingerprint density at radius 3 is 2.42 bits per heavy atom. The maximum Gasteiger partial charge on any atom is 0.269 e. The zero-order chi connectivity index (χ0) is 13.9. The second-order valence-electron chi connectivity index (χ2n) is 5.04. The van der Waals surface area contributed by atoms with Gasteiger partial charge in [-0.15, -0.1) is 0 Å². The third-order valence-corrected chi connectivity index (χ3v) is 3.77. The van der Waals surface area contributed by atoms with Crippen LogP contribution in [0.15, 0.2) is 24.3 Å². The average Bonchev–Trinajstić information content (AvgIpc) is 2.38. The van der Waals surface area contributed by atoms with E-state index in [-0.39, 0.29) is 17.8 Å². The van der Waals surface area contributed by atoms with Gasteiger partial charge in [0.15, 0.2) is 0 Å². The van der Waals surface area contributed by atoms with Crippen molar-refractivity contribution in [1.82, 2.24) is 5.32 Å². The van der Waals surface area contributed by atoms with Crippen LogP contribution < -0.4 is 5.32 Å². The number of β-amino-alcohol motifs (C(OH)–C–C–N with tert-alkyl or cyclic N) is 1. The van der Waals surface area contributed by atoms with E-state index in [1.807, 2.05) is 0 Å². The van der Waals surface area contributed by atoms with Crippen molar-refractivity contribution < 1.29 is 15.1 Å². The minimum absolute atomic E-state index is 0.00901. The first-order chi connectivity index (χ1) is 9.06. The molecule has 1 fully saturated rings. The summed E-state index contributed by atoms with van der Waals surface area (Å²) >= 11 is 0. The molecule has 0 aromatic heterocycles. The van der Waals surface area contributed by atoms with Crippen LogP contribution in [-0.2, 0) is 0 Å². The molecule has 1 aliphatic rings. The Morgan fingerprint density at radius 1 is 1.37 bits per heavy atom. The van der Waals surface area contributed by atoms with Crippen LogP contribution in [0.1, 0.15) is 30.9 Å². The molecule has 104 valence electrons. The van der Waals surface area contributed by atoms with Crippen LogP contribution in [0.5, 0.6) is 0 Å². The van der Waals surface area contributed by atoms with Crippen molar-refractivity contribution in [1.29, 1.82) is 0 Å². The molecule has 1 aromatic carbocycles. The van der Waals surface area contributed by atoms with Crippen LogP contribution in [-0.4, -0.2) is 33.8 Å². The normalized spacial score (nSPS) is 18.6. The number of nitrogens with one attached hydrogen (secondary N) is 1. The van der Waals surface area contributed by atoms with E-state index in [0.717, 1.165) is 19.3 Å². The lowest BCUT2D eigenvalue weighted by Crippen LogP contribution is -2.54. The summed E-state index contributed by atoms with van der Waals surface area (Å²) in [5.41, 5.74) is 0.391. The predicted molar refractivity (Wildman–Crippen MR) is 69.7 cm³/mol. The largest absolute Gasteiger partial charge is 0.394 e. The molecule has 0 aliphatic heterocycles. The minimum Gasteiger partial charge on any atom is -0.394 e. The van der Waals surface area contributed by atoms with E-state index in [4.69, 9.17) is 0 Å². The summed E-state index contributed by atoms with van der Waals surface area (Å²) in [6, 6.07) is 5.86. The average molecular weight is 266 g/mol. The van der Waals surface area contributed by atoms with Gasteiger partial charge in [-0.1, -0.05) is 0 Å². The van der Waals surface area contributed by atoms with Crippen molar-refractivity contribution in [3.8, 4) is 0 Å². The Morgan fingerprint density at radius 2 is 2.00 bits per heavy atom. The monoisotopic (exact) mass is 266 g/mol. The van der Waals surface area contributed by atoms with Gasteiger partial charge in [-0.05, 0) is 37.0 Å². The molecule has 6 heteroatoms. The number of aliphatic hydroxyl groups excluding tert-OH is 2. The Balaban J connectivity index is 1.92. The zero-order valence-electron chi connectivity index (χ0n) is 10.6. The van der Waals surface area contributed by atoms with E-state index in [0.29, 0.717) is 12.1 Å². The third kappa shape index (κ3) is 3.09. The number of hydrogen-bond acceptors (Lipinski definition) is 5. The van der Waals surface area contributed by atoms with E-state index in [9.17, 15) is 20.3 Å². The second kappa shape index (κ2) is 5.64. The van der Waals surface area contributed by atoms with Gasteiger partial charge in [0.2, 0.25) is 0 Å². The highest BCUT2D eigenvalue weighted by atomic mass is 16.6. The summed E-state index contributed by atoms with van der Waals surface area (Å²) in [6.45, 7) is 0.401. The second-order valence-corrected chi connectivity index (χ2v) is 5.04. The van der Waals surface area contributed by atoms with Crippen LogP contribution in [0, 0.1) is 10.1 Å². The summed E-state index contributed by atoms with van der Waals surface area (Å²) in [5.74, 6) is 0. The molecule has 3 N–H and O–H groups in total. The molecule has 6 nitrogen and oxygen atoms in total. The predicted octanol–water partition coefficient (Wildman–Crippen LogP) is 1.13. The lowest BCUT2D eigenvalue weighted by Gasteiger charge is -2.41. The summed E-state index contributed by atoms with van der Waals surface area (Å²) in [5, 5.41) is 33.0. The number of hydrogen-bond donors (Lipinski definition) is 3. The molecule has 2 rings (SSSR count). The quantitative estimate of drug-likeness (QED) is 0.530. The van der Waals surface area contributed by atoms with Gasteiger partial charge < -0.3 is 15.5 Å². The highest BCUT2D eigenvalue weighted by Crippen LogP contribution is 2.31. The molecule has 19 heavy (non-hydrogen) atoms. The first-order valence-corrected chi connectivity index (χ1v) is 6.35. The molecule has 0 heterocycles. The molecule has 1 atom stereocenters. The molecule has 1 saturated carbocycles. The van der Waals surface area contributed by atoms with Gasteiger partial charge in [0, 0.05) is 24.2 Å². The van der Waals surface area contributed by atoms with Crippen molar-refractivity contribution in [3.63, 3.8) is 0 Å². The molecule has 0 saturated heterocycles. The van der Waals surface area contributed by atoms with Crippen LogP contribution >= 0.6 is 0 Å². The summed E-state index contributed by atoms with van der Waals surface area (Å²) in [4.78, 5) is 10.1. The van der Waals surface area contributed by atoms with Gasteiger partial charge in [0.05, 0.1) is 17.6 Å². The Bertz CT molecular complexity index is 437. The highest BCUT2D eigenvalue weighted by molar-refractivity contribution is 5.33. The van der Waals surface area contributed by atoms with Crippen LogP contribution in [0.2, 0.25) is 0 Å². The van der Waals surface area contributed by atoms with Gasteiger partial charge in [-0.2, -0.15) is 0 Å². The van der Waals surface area contributed by atoms with Gasteiger partial charge in [-0.25, -0.2) is 0 Å². The van der Waals surface area contributed by atoms with E-state index in [1.165, 1.54) is 12.1 Å². The number of nitro groups is 1. The number of rotatable bonds is 6. The smallest absolute Gasteiger partial charge is 0.269 e. The standard InChI is InChI=1S/C13H18N2O4/c16-9-13(6-1-7-13)14-8-12(17)10-2-4-11(5-3-10)15(18)19/h2-5,12,14,16-17H,1,6-9H2. The topological polar surface area (TPSA) is 95.6 Å². The molecule has 0 radical (unpaired) electrons. The van der Waals surface area contributed by atoms with Crippen LogP contribution in [0.3, 0.4) is 0 Å². The van der Waals surface area contributed by atoms with Gasteiger partial charge in [-0.3, -0.25) is 10.1 Å². The summed E-state index contributed by atoms with van der Waals surface area (Å²) < 4.78 is 0. The molecular weight excluding hydrogens is 248 g/mol. The van der Waals surface area contributed by atoms with E-state index >= 15 is 0 Å². The maximum absolute atomic E-state index is 10.5. The van der Waals surface area contributed by atoms with Crippen molar-refractivity contribution in [2.75, 3.05) is 13.2 Å². The van der Waals surface area contributed by atoms with E-state index in [2.05, 4.69) is 5.32 Å². The Kier molecular flexibility index (Phi) is 4.14. The van der Waals surface area contributed by atoms with Crippen molar-refractivity contribution in [2.24, 2.45) is 0 Å². The first-order valence-electron chi connectivity index (χ1n) is 6.35. The maximum atomic E-state index is 10.5. The molecular formula is C13H18N2O4. The Hall–Kier alpha value is -1.50. The number of aliphatic hydroxyl groups is 2. The lowest BCUT2D eigenvalue weighted by atomic mass is 9.77. The molecule has 0 amide bonds. The first kappa shape index (κ1) is 13.9. The third-order valence-electron chi connectivity index (χ3n) is 3.77. The SMILES string of the molecule is O=[N+]([O-])c1ccc(C(O)CNC2(CO)CCC2)cc1. The van der Waals surface area contributed by atoms with Gasteiger partial charge in [0.25, 0.3) is 5.69 Å². The summed E-state index contributed by atoms with van der Waals surface area (Å²) in [6.07, 6.45) is 2.18. The summed E-state index contributed by atoms with van der Waals surface area (Å²) in [7, 11) is 0. The highest BCUT2D eigenvalue weighted by Gasteiger charge is 2.36. The fraction of sp³-hybridized carbons (Fsp3) is 0.538. The number of nitro benzene ring substituents is 1. The van der Waals surface area contributed by atoms with E-state index in [1.54, 1.807) is 12.1 Å². The van der Waals surface area contributed by atoms with E-state index < -0.39 is 11.0 Å². The molecule has 1 aromatic rings. The van der Waals surface area contributed by atoms with Gasteiger partial charge >= 0.3 is 0 Å². The minimum atomic E-state index is -0.732.